The highest BCUT2D eigenvalue weighted by Gasteiger charge is 2.11. The molecule has 0 heterocycles. The van der Waals surface area contributed by atoms with Crippen molar-refractivity contribution >= 4 is 21.7 Å². The fourth-order valence-corrected chi connectivity index (χ4v) is 1.68. The Bertz CT molecular complexity index is 509. The Morgan fingerprint density at radius 2 is 2.06 bits per heavy atom. The van der Waals surface area contributed by atoms with Gasteiger partial charge in [0.15, 0.2) is 0 Å². The number of nitrogens with one attached hydrogen (secondary N) is 1. The summed E-state index contributed by atoms with van der Waals surface area (Å²) in [5.41, 5.74) is 0.0804. The van der Waals surface area contributed by atoms with E-state index < -0.39 is 16.0 Å². The molecule has 0 radical (unpaired) electrons. The van der Waals surface area contributed by atoms with Crippen molar-refractivity contribution in [1.29, 1.82) is 0 Å². The largest absolute Gasteiger partial charge is 0.495 e. The lowest BCUT2D eigenvalue weighted by molar-refractivity contribution is 0.0697. The maximum Gasteiger partial charge on any atom is 0.335 e. The molecule has 1 rings (SSSR count). The first-order valence-electron chi connectivity index (χ1n) is 4.22. The van der Waals surface area contributed by atoms with Crippen LogP contribution in [0.25, 0.3) is 0 Å². The summed E-state index contributed by atoms with van der Waals surface area (Å²) in [7, 11) is -2.11. The van der Waals surface area contributed by atoms with Crippen LogP contribution in [0, 0.1) is 0 Å². The minimum atomic E-state index is -3.48. The maximum atomic E-state index is 11.0. The SMILES string of the molecule is COc1ccc(C(=O)O)cc1NS(C)(=O)=O. The number of aromatic carboxylic acids is 1. The van der Waals surface area contributed by atoms with E-state index in [2.05, 4.69) is 4.72 Å². The number of carbonyl (C=O) groups is 1. The average molecular weight is 245 g/mol. The molecule has 1 aromatic carbocycles. The van der Waals surface area contributed by atoms with Crippen LogP contribution in [-0.4, -0.2) is 32.9 Å². The first-order valence-corrected chi connectivity index (χ1v) is 6.12. The first kappa shape index (κ1) is 12.3. The second-order valence-electron chi connectivity index (χ2n) is 3.09. The van der Waals surface area contributed by atoms with Gasteiger partial charge in [0.05, 0.1) is 24.6 Å². The van der Waals surface area contributed by atoms with E-state index in [4.69, 9.17) is 9.84 Å². The molecule has 0 bridgehead atoms. The molecule has 1 aromatic rings. The predicted molar refractivity (Wildman–Crippen MR) is 58.4 cm³/mol. The van der Waals surface area contributed by atoms with Gasteiger partial charge in [-0.3, -0.25) is 4.72 Å². The Morgan fingerprint density at radius 1 is 1.44 bits per heavy atom. The highest BCUT2D eigenvalue weighted by molar-refractivity contribution is 7.92. The molecule has 0 unspecified atom stereocenters. The van der Waals surface area contributed by atoms with E-state index in [9.17, 15) is 13.2 Å². The van der Waals surface area contributed by atoms with Gasteiger partial charge in [-0.25, -0.2) is 13.2 Å². The Morgan fingerprint density at radius 3 is 2.50 bits per heavy atom. The van der Waals surface area contributed by atoms with Crippen LogP contribution in [0.1, 0.15) is 10.4 Å². The molecule has 0 aliphatic rings. The minimum Gasteiger partial charge on any atom is -0.495 e. The Kier molecular flexibility index (Phi) is 3.38. The monoisotopic (exact) mass is 245 g/mol. The molecule has 0 saturated heterocycles. The lowest BCUT2D eigenvalue weighted by atomic mass is 10.2. The van der Waals surface area contributed by atoms with Crippen molar-refractivity contribution in [2.24, 2.45) is 0 Å². The number of ether oxygens (including phenoxy) is 1. The van der Waals surface area contributed by atoms with Crippen molar-refractivity contribution in [3.63, 3.8) is 0 Å². The number of benzene rings is 1. The van der Waals surface area contributed by atoms with Crippen LogP contribution in [-0.2, 0) is 10.0 Å². The Balaban J connectivity index is 3.22. The van der Waals surface area contributed by atoms with Gasteiger partial charge in [0.25, 0.3) is 0 Å². The van der Waals surface area contributed by atoms with Crippen LogP contribution in [0.3, 0.4) is 0 Å². The normalized spacial score (nSPS) is 10.9. The second-order valence-corrected chi connectivity index (χ2v) is 4.84. The van der Waals surface area contributed by atoms with E-state index in [-0.39, 0.29) is 17.0 Å². The van der Waals surface area contributed by atoms with Crippen molar-refractivity contribution in [3.8, 4) is 5.75 Å². The molecule has 0 aliphatic carbocycles. The number of anilines is 1. The number of hydrogen-bond donors (Lipinski definition) is 2. The van der Waals surface area contributed by atoms with Gasteiger partial charge < -0.3 is 9.84 Å². The molecule has 7 heteroatoms. The van der Waals surface area contributed by atoms with E-state index in [1.807, 2.05) is 0 Å². The molecule has 0 aromatic heterocycles. The number of carboxylic acid groups (broad SMARTS) is 1. The molecule has 88 valence electrons. The molecule has 16 heavy (non-hydrogen) atoms. The third-order valence-electron chi connectivity index (χ3n) is 1.74. The van der Waals surface area contributed by atoms with Gasteiger partial charge >= 0.3 is 5.97 Å². The summed E-state index contributed by atoms with van der Waals surface area (Å²) in [6, 6.07) is 3.91. The van der Waals surface area contributed by atoms with Crippen LogP contribution in [0.15, 0.2) is 18.2 Å². The van der Waals surface area contributed by atoms with Crippen molar-refractivity contribution in [2.75, 3.05) is 18.1 Å². The number of methoxy groups -OCH3 is 1. The van der Waals surface area contributed by atoms with Crippen LogP contribution < -0.4 is 9.46 Å². The summed E-state index contributed by atoms with van der Waals surface area (Å²) in [5.74, 6) is -0.880. The van der Waals surface area contributed by atoms with E-state index in [0.29, 0.717) is 0 Å². The highest BCUT2D eigenvalue weighted by Crippen LogP contribution is 2.26. The maximum absolute atomic E-state index is 11.0. The van der Waals surface area contributed by atoms with Gasteiger partial charge in [0, 0.05) is 0 Å². The van der Waals surface area contributed by atoms with Crippen molar-refractivity contribution in [2.45, 2.75) is 0 Å². The topological polar surface area (TPSA) is 92.7 Å². The first-order chi connectivity index (χ1) is 7.33. The van der Waals surface area contributed by atoms with Crippen molar-refractivity contribution in [1.82, 2.24) is 0 Å². The average Bonchev–Trinajstić information content (AvgIpc) is 2.15. The van der Waals surface area contributed by atoms with Crippen LogP contribution in [0.2, 0.25) is 0 Å². The van der Waals surface area contributed by atoms with Crippen LogP contribution in [0.5, 0.6) is 5.75 Å². The number of hydrogen-bond acceptors (Lipinski definition) is 4. The van der Waals surface area contributed by atoms with Crippen LogP contribution >= 0.6 is 0 Å². The van der Waals surface area contributed by atoms with E-state index >= 15 is 0 Å². The quantitative estimate of drug-likeness (QED) is 0.817. The third kappa shape index (κ3) is 3.13. The lowest BCUT2D eigenvalue weighted by Crippen LogP contribution is -2.11. The van der Waals surface area contributed by atoms with E-state index in [1.54, 1.807) is 0 Å². The van der Waals surface area contributed by atoms with Gasteiger partial charge in [-0.15, -0.1) is 0 Å². The summed E-state index contributed by atoms with van der Waals surface area (Å²) in [6.45, 7) is 0. The molecule has 0 amide bonds. The molecule has 0 aliphatic heterocycles. The van der Waals surface area contributed by atoms with Gasteiger partial charge in [-0.05, 0) is 18.2 Å². The summed E-state index contributed by atoms with van der Waals surface area (Å²) < 4.78 is 29.2. The molecule has 0 fully saturated rings. The number of rotatable bonds is 4. The molecule has 6 nitrogen and oxygen atoms in total. The Labute approximate surface area is 92.9 Å². The summed E-state index contributed by atoms with van der Waals surface area (Å²) in [4.78, 5) is 10.7. The van der Waals surface area contributed by atoms with Gasteiger partial charge in [0.1, 0.15) is 5.75 Å². The van der Waals surface area contributed by atoms with E-state index in [1.165, 1.54) is 25.3 Å². The number of carboxylic acids is 1. The molecule has 0 atom stereocenters. The zero-order valence-corrected chi connectivity index (χ0v) is 9.54. The van der Waals surface area contributed by atoms with Crippen molar-refractivity contribution < 1.29 is 23.1 Å². The molecular weight excluding hydrogens is 234 g/mol. The summed E-state index contributed by atoms with van der Waals surface area (Å²) >= 11 is 0. The summed E-state index contributed by atoms with van der Waals surface area (Å²) in [6.07, 6.45) is 0.972. The standard InChI is InChI=1S/C9H11NO5S/c1-15-8-4-3-6(9(11)12)5-7(8)10-16(2,13)14/h3-5,10H,1-2H3,(H,11,12). The zero-order valence-electron chi connectivity index (χ0n) is 8.72. The minimum absolute atomic E-state index is 0.0213. The molecule has 0 saturated carbocycles. The molecular formula is C9H11NO5S. The van der Waals surface area contributed by atoms with Crippen molar-refractivity contribution in [3.05, 3.63) is 23.8 Å². The zero-order chi connectivity index (χ0) is 12.3. The fraction of sp³-hybridized carbons (Fsp3) is 0.222. The highest BCUT2D eigenvalue weighted by atomic mass is 32.2. The van der Waals surface area contributed by atoms with Crippen LogP contribution in [0.4, 0.5) is 5.69 Å². The second kappa shape index (κ2) is 4.40. The molecule has 2 N–H and O–H groups in total. The van der Waals surface area contributed by atoms with Gasteiger partial charge in [-0.1, -0.05) is 0 Å². The van der Waals surface area contributed by atoms with Gasteiger partial charge in [0.2, 0.25) is 10.0 Å². The third-order valence-corrected chi connectivity index (χ3v) is 2.33. The van der Waals surface area contributed by atoms with E-state index in [0.717, 1.165) is 6.26 Å². The van der Waals surface area contributed by atoms with Gasteiger partial charge in [-0.2, -0.15) is 0 Å². The Hall–Kier alpha value is -1.76. The molecule has 0 spiro atoms. The smallest absolute Gasteiger partial charge is 0.335 e. The predicted octanol–water partition coefficient (Wildman–Crippen LogP) is 0.765. The number of sulfonamides is 1. The lowest BCUT2D eigenvalue weighted by Gasteiger charge is -2.10. The summed E-state index contributed by atoms with van der Waals surface area (Å²) in [5, 5.41) is 8.75. The fourth-order valence-electron chi connectivity index (χ4n) is 1.12.